The van der Waals surface area contributed by atoms with E-state index >= 15 is 0 Å². The van der Waals surface area contributed by atoms with Gasteiger partial charge in [0.05, 0.1) is 11.1 Å². The number of amides is 5. The highest BCUT2D eigenvalue weighted by Crippen LogP contribution is 2.31. The second kappa shape index (κ2) is 9.03. The lowest BCUT2D eigenvalue weighted by molar-refractivity contribution is -0.136. The standard InChI is InChI=1S/C20H23N5O5.ClH/c21-6-5-17(27)24-9-7-23(8-10-24)12-1-2-13-14(11-12)20(30)25(19(13)29)15-3-4-16(26)22-18(15)28;/h1-2,11,15H,3-10,21H2,(H,22,26,28);1H. The Morgan fingerprint density at radius 2 is 1.71 bits per heavy atom. The van der Waals surface area contributed by atoms with Gasteiger partial charge in [-0.05, 0) is 24.6 Å². The third-order valence-corrected chi connectivity index (χ3v) is 5.78. The summed E-state index contributed by atoms with van der Waals surface area (Å²) in [6, 6.07) is 4.06. The summed E-state index contributed by atoms with van der Waals surface area (Å²) >= 11 is 0. The van der Waals surface area contributed by atoms with Gasteiger partial charge in [0.15, 0.2) is 0 Å². The van der Waals surface area contributed by atoms with Gasteiger partial charge in [-0.1, -0.05) is 0 Å². The van der Waals surface area contributed by atoms with Crippen molar-refractivity contribution in [2.24, 2.45) is 5.73 Å². The summed E-state index contributed by atoms with van der Waals surface area (Å²) in [6.07, 6.45) is 0.537. The summed E-state index contributed by atoms with van der Waals surface area (Å²) in [4.78, 5) is 66.0. The van der Waals surface area contributed by atoms with Gasteiger partial charge in [0.1, 0.15) is 6.04 Å². The molecule has 1 unspecified atom stereocenters. The number of carbonyl (C=O) groups excluding carboxylic acids is 5. The van der Waals surface area contributed by atoms with Crippen molar-refractivity contribution in [2.75, 3.05) is 37.6 Å². The zero-order chi connectivity index (χ0) is 21.4. The maximum Gasteiger partial charge on any atom is 0.262 e. The van der Waals surface area contributed by atoms with Gasteiger partial charge in [0, 0.05) is 51.3 Å². The Bertz CT molecular complexity index is 944. The maximum atomic E-state index is 12.9. The van der Waals surface area contributed by atoms with Crippen LogP contribution in [0.1, 0.15) is 40.0 Å². The fourth-order valence-corrected chi connectivity index (χ4v) is 4.15. The van der Waals surface area contributed by atoms with Crippen LogP contribution in [0.4, 0.5) is 5.69 Å². The van der Waals surface area contributed by atoms with E-state index in [0.29, 0.717) is 39.1 Å². The monoisotopic (exact) mass is 449 g/mol. The third kappa shape index (κ3) is 4.13. The summed E-state index contributed by atoms with van der Waals surface area (Å²) in [6.45, 7) is 2.66. The van der Waals surface area contributed by atoms with Crippen molar-refractivity contribution in [3.63, 3.8) is 0 Å². The smallest absolute Gasteiger partial charge is 0.262 e. The van der Waals surface area contributed by atoms with Gasteiger partial charge >= 0.3 is 0 Å². The minimum absolute atomic E-state index is 0. The molecular formula is C20H24ClN5O5. The van der Waals surface area contributed by atoms with Crippen molar-refractivity contribution in [1.29, 1.82) is 0 Å². The number of nitrogens with zero attached hydrogens (tertiary/aromatic N) is 3. The fourth-order valence-electron chi connectivity index (χ4n) is 4.15. The Labute approximate surface area is 185 Å². The highest BCUT2D eigenvalue weighted by atomic mass is 35.5. The molecule has 166 valence electrons. The number of nitrogens with one attached hydrogen (secondary N) is 1. The van der Waals surface area contributed by atoms with E-state index < -0.39 is 29.7 Å². The van der Waals surface area contributed by atoms with Crippen molar-refractivity contribution in [2.45, 2.75) is 25.3 Å². The van der Waals surface area contributed by atoms with Crippen LogP contribution in [0.25, 0.3) is 0 Å². The van der Waals surface area contributed by atoms with E-state index in [0.717, 1.165) is 10.6 Å². The summed E-state index contributed by atoms with van der Waals surface area (Å²) < 4.78 is 0. The van der Waals surface area contributed by atoms with Crippen LogP contribution >= 0.6 is 12.4 Å². The number of carbonyl (C=O) groups is 5. The van der Waals surface area contributed by atoms with E-state index in [1.54, 1.807) is 23.1 Å². The molecule has 2 saturated heterocycles. The molecule has 0 aromatic heterocycles. The van der Waals surface area contributed by atoms with Crippen LogP contribution in [0.2, 0.25) is 0 Å². The first kappa shape index (κ1) is 22.7. The fraction of sp³-hybridized carbons (Fsp3) is 0.450. The molecule has 11 heteroatoms. The van der Waals surface area contributed by atoms with Crippen LogP contribution in [0, 0.1) is 0 Å². The number of anilines is 1. The molecule has 0 spiro atoms. The van der Waals surface area contributed by atoms with E-state index in [1.807, 2.05) is 0 Å². The predicted molar refractivity (Wildman–Crippen MR) is 113 cm³/mol. The van der Waals surface area contributed by atoms with Crippen molar-refractivity contribution >= 4 is 47.6 Å². The maximum absolute atomic E-state index is 12.9. The van der Waals surface area contributed by atoms with Crippen molar-refractivity contribution in [3.05, 3.63) is 29.3 Å². The number of hydrogen-bond acceptors (Lipinski definition) is 7. The highest BCUT2D eigenvalue weighted by Gasteiger charge is 2.44. The van der Waals surface area contributed by atoms with E-state index in [9.17, 15) is 24.0 Å². The molecule has 0 radical (unpaired) electrons. The van der Waals surface area contributed by atoms with E-state index in [4.69, 9.17) is 5.73 Å². The Balaban J connectivity index is 0.00000272. The molecular weight excluding hydrogens is 426 g/mol. The number of piperidine rings is 1. The van der Waals surface area contributed by atoms with Crippen LogP contribution in [0.3, 0.4) is 0 Å². The molecule has 3 N–H and O–H groups in total. The second-order valence-corrected chi connectivity index (χ2v) is 7.58. The molecule has 0 saturated carbocycles. The molecule has 0 aliphatic carbocycles. The molecule has 1 atom stereocenters. The first-order valence-corrected chi connectivity index (χ1v) is 9.99. The minimum Gasteiger partial charge on any atom is -0.368 e. The number of piperazine rings is 1. The first-order chi connectivity index (χ1) is 14.4. The van der Waals surface area contributed by atoms with Crippen molar-refractivity contribution in [3.8, 4) is 0 Å². The van der Waals surface area contributed by atoms with Crippen LogP contribution in [0.15, 0.2) is 18.2 Å². The van der Waals surface area contributed by atoms with Gasteiger partial charge in [-0.25, -0.2) is 0 Å². The van der Waals surface area contributed by atoms with Gasteiger partial charge in [0.2, 0.25) is 17.7 Å². The summed E-state index contributed by atoms with van der Waals surface area (Å²) in [5.41, 5.74) is 6.74. The minimum atomic E-state index is -0.976. The molecule has 1 aromatic rings. The molecule has 1 aromatic carbocycles. The molecule has 3 heterocycles. The molecule has 0 bridgehead atoms. The van der Waals surface area contributed by atoms with Gasteiger partial charge in [-0.15, -0.1) is 12.4 Å². The number of fused-ring (bicyclic) bond motifs is 1. The summed E-state index contributed by atoms with van der Waals surface area (Å²) in [7, 11) is 0. The Kier molecular flexibility index (Phi) is 6.61. The van der Waals surface area contributed by atoms with Gasteiger partial charge in [-0.3, -0.25) is 34.2 Å². The molecule has 4 rings (SSSR count). The van der Waals surface area contributed by atoms with E-state index in [1.165, 1.54) is 0 Å². The lowest BCUT2D eigenvalue weighted by Gasteiger charge is -2.36. The van der Waals surface area contributed by atoms with Gasteiger partial charge in [0.25, 0.3) is 11.8 Å². The largest absolute Gasteiger partial charge is 0.368 e. The predicted octanol–water partition coefficient (Wildman–Crippen LogP) is -0.493. The Morgan fingerprint density at radius 3 is 2.35 bits per heavy atom. The van der Waals surface area contributed by atoms with E-state index in [2.05, 4.69) is 10.2 Å². The zero-order valence-corrected chi connectivity index (χ0v) is 17.7. The molecule has 10 nitrogen and oxygen atoms in total. The Morgan fingerprint density at radius 1 is 1.03 bits per heavy atom. The topological polar surface area (TPSA) is 133 Å². The number of nitrogens with two attached hydrogens (primary N) is 1. The van der Waals surface area contributed by atoms with Crippen LogP contribution in [-0.2, 0) is 14.4 Å². The molecule has 3 aliphatic rings. The van der Waals surface area contributed by atoms with Gasteiger partial charge < -0.3 is 15.5 Å². The number of halogens is 1. The SMILES string of the molecule is Cl.NCCC(=O)N1CCN(c2ccc3c(c2)C(=O)N(C2CCC(=O)NC2=O)C3=O)CC1. The third-order valence-electron chi connectivity index (χ3n) is 5.78. The van der Waals surface area contributed by atoms with Crippen LogP contribution < -0.4 is 16.0 Å². The number of rotatable bonds is 4. The van der Waals surface area contributed by atoms with Crippen molar-refractivity contribution < 1.29 is 24.0 Å². The second-order valence-electron chi connectivity index (χ2n) is 7.58. The lowest BCUT2D eigenvalue weighted by atomic mass is 10.0. The average molecular weight is 450 g/mol. The number of hydrogen-bond donors (Lipinski definition) is 2. The lowest BCUT2D eigenvalue weighted by Crippen LogP contribution is -2.54. The molecule has 3 aliphatic heterocycles. The summed E-state index contributed by atoms with van der Waals surface area (Å²) in [5.74, 6) is -2.04. The van der Waals surface area contributed by atoms with E-state index in [-0.39, 0.29) is 42.3 Å². The molecule has 5 amide bonds. The molecule has 2 fully saturated rings. The average Bonchev–Trinajstić information content (AvgIpc) is 2.98. The Hall–Kier alpha value is -2.98. The zero-order valence-electron chi connectivity index (χ0n) is 16.8. The normalized spacial score (nSPS) is 21.1. The number of benzene rings is 1. The van der Waals surface area contributed by atoms with Crippen LogP contribution in [0.5, 0.6) is 0 Å². The first-order valence-electron chi connectivity index (χ1n) is 9.99. The van der Waals surface area contributed by atoms with Crippen molar-refractivity contribution in [1.82, 2.24) is 15.1 Å². The molecule has 31 heavy (non-hydrogen) atoms. The van der Waals surface area contributed by atoms with Crippen LogP contribution in [-0.4, -0.2) is 78.1 Å². The number of imide groups is 2. The summed E-state index contributed by atoms with van der Waals surface area (Å²) in [5, 5.41) is 2.19. The van der Waals surface area contributed by atoms with Gasteiger partial charge in [-0.2, -0.15) is 0 Å². The quantitative estimate of drug-likeness (QED) is 0.592. The highest BCUT2D eigenvalue weighted by molar-refractivity contribution is 6.23.